The molecule has 5 nitrogen and oxygen atoms in total. The Balaban J connectivity index is 0.000000336. The van der Waals surface area contributed by atoms with Crippen molar-refractivity contribution in [3.8, 4) is 0 Å². The molecule has 0 saturated carbocycles. The fraction of sp³-hybridized carbons (Fsp3) is 0.333. The van der Waals surface area contributed by atoms with E-state index in [4.69, 9.17) is 0 Å². The van der Waals surface area contributed by atoms with Crippen molar-refractivity contribution in [3.05, 3.63) is 103 Å². The Morgan fingerprint density at radius 2 is 1.22 bits per heavy atom. The van der Waals surface area contributed by atoms with Crippen molar-refractivity contribution in [1.29, 1.82) is 0 Å². The van der Waals surface area contributed by atoms with Gasteiger partial charge in [0.2, 0.25) is 0 Å². The second kappa shape index (κ2) is 17.7. The van der Waals surface area contributed by atoms with Crippen molar-refractivity contribution in [1.82, 2.24) is 0 Å². The van der Waals surface area contributed by atoms with Crippen LogP contribution in [0.4, 0.5) is 30.7 Å². The number of hydrogen-bond donors (Lipinski definition) is 0. The maximum Gasteiger partial charge on any atom is 0.468 e. The smallest absolute Gasteiger partial charge is 0.461 e. The van der Waals surface area contributed by atoms with Gasteiger partial charge in [0.1, 0.15) is 0 Å². The summed E-state index contributed by atoms with van der Waals surface area (Å²) in [5, 5.41) is 0. The van der Waals surface area contributed by atoms with Crippen LogP contribution < -0.4 is 0 Å². The predicted octanol–water partition coefficient (Wildman–Crippen LogP) is 8.80. The molecule has 0 bridgehead atoms. The van der Waals surface area contributed by atoms with Gasteiger partial charge in [-0.2, -0.15) is 13.2 Å². The Bertz CT molecular complexity index is 1280. The van der Waals surface area contributed by atoms with Gasteiger partial charge in [0, 0.05) is 12.0 Å². The van der Waals surface area contributed by atoms with E-state index >= 15 is 0 Å². The minimum absolute atomic E-state index is 0.0146. The lowest BCUT2D eigenvalue weighted by atomic mass is 10.1. The van der Waals surface area contributed by atoms with Gasteiger partial charge in [-0.05, 0) is 63.1 Å². The summed E-state index contributed by atoms with van der Waals surface area (Å²) in [4.78, 5) is 27.4. The lowest BCUT2D eigenvalue weighted by molar-refractivity contribution is -0.354. The van der Waals surface area contributed by atoms with Crippen molar-refractivity contribution in [2.24, 2.45) is 0 Å². The third-order valence-electron chi connectivity index (χ3n) is 5.97. The van der Waals surface area contributed by atoms with Gasteiger partial charge in [0.05, 0.1) is 24.1 Å². The van der Waals surface area contributed by atoms with E-state index in [1.807, 2.05) is 0 Å². The van der Waals surface area contributed by atoms with E-state index < -0.39 is 74.3 Å². The summed E-state index contributed by atoms with van der Waals surface area (Å²) in [5.74, 6) is -12.1. The third kappa shape index (κ3) is 10.9. The first kappa shape index (κ1) is 38.3. The SMILES string of the molecule is C=C(C)C(=O)OC(OCCCCC(F)(F)C(F)F)(C(=O)OCC)C(F)(F)F.c1ccc([S+](c2ccccc2)c2ccccc2)cc1. The Morgan fingerprint density at radius 1 is 0.783 bits per heavy atom. The highest BCUT2D eigenvalue weighted by Gasteiger charge is 2.67. The van der Waals surface area contributed by atoms with Gasteiger partial charge < -0.3 is 14.2 Å². The first-order valence-electron chi connectivity index (χ1n) is 14.0. The molecular formula is C33H34F7O5S+. The molecule has 0 fully saturated rings. The van der Waals surface area contributed by atoms with Gasteiger partial charge in [-0.1, -0.05) is 61.2 Å². The van der Waals surface area contributed by atoms with E-state index in [1.165, 1.54) is 21.6 Å². The molecule has 1 unspecified atom stereocenters. The normalized spacial score (nSPS) is 12.9. The van der Waals surface area contributed by atoms with Crippen molar-refractivity contribution >= 4 is 22.8 Å². The molecule has 0 aromatic heterocycles. The lowest BCUT2D eigenvalue weighted by Gasteiger charge is -2.32. The van der Waals surface area contributed by atoms with Crippen LogP contribution in [0.3, 0.4) is 0 Å². The average molecular weight is 676 g/mol. The fourth-order valence-electron chi connectivity index (χ4n) is 3.69. The van der Waals surface area contributed by atoms with Gasteiger partial charge >= 0.3 is 36.2 Å². The number of alkyl halides is 7. The molecule has 0 amide bonds. The molecule has 3 aromatic carbocycles. The molecule has 3 aromatic rings. The molecule has 46 heavy (non-hydrogen) atoms. The second-order valence-electron chi connectivity index (χ2n) is 9.62. The molecule has 1 atom stereocenters. The first-order valence-corrected chi connectivity index (χ1v) is 15.2. The summed E-state index contributed by atoms with van der Waals surface area (Å²) in [7, 11) is -0.0146. The number of rotatable bonds is 14. The van der Waals surface area contributed by atoms with E-state index in [1.54, 1.807) is 0 Å². The Kier molecular flexibility index (Phi) is 14.8. The van der Waals surface area contributed by atoms with Gasteiger partial charge in [-0.3, -0.25) is 0 Å². The highest BCUT2D eigenvalue weighted by atomic mass is 32.2. The summed E-state index contributed by atoms with van der Waals surface area (Å²) in [6.45, 7) is 3.77. The van der Waals surface area contributed by atoms with Crippen molar-refractivity contribution in [2.45, 2.75) is 72.1 Å². The molecule has 13 heteroatoms. The van der Waals surface area contributed by atoms with E-state index in [0.29, 0.717) is 0 Å². The van der Waals surface area contributed by atoms with Crippen LogP contribution in [-0.2, 0) is 34.7 Å². The minimum atomic E-state index is -5.57. The molecule has 0 radical (unpaired) electrons. The van der Waals surface area contributed by atoms with Crippen LogP contribution in [0.1, 0.15) is 33.1 Å². The van der Waals surface area contributed by atoms with Crippen LogP contribution in [0.5, 0.6) is 0 Å². The van der Waals surface area contributed by atoms with Crippen molar-refractivity contribution in [3.63, 3.8) is 0 Å². The summed E-state index contributed by atoms with van der Waals surface area (Å²) in [5.41, 5.74) is -0.479. The molecule has 0 saturated heterocycles. The fourth-order valence-corrected chi connectivity index (χ4v) is 5.80. The second-order valence-corrected chi connectivity index (χ2v) is 11.6. The largest absolute Gasteiger partial charge is 0.468 e. The van der Waals surface area contributed by atoms with Crippen LogP contribution >= 0.6 is 0 Å². The Labute approximate surface area is 265 Å². The van der Waals surface area contributed by atoms with E-state index in [0.717, 1.165) is 6.92 Å². The molecule has 0 aliphatic rings. The Hall–Kier alpha value is -3.84. The third-order valence-corrected chi connectivity index (χ3v) is 8.20. The Morgan fingerprint density at radius 3 is 1.57 bits per heavy atom. The van der Waals surface area contributed by atoms with Gasteiger partial charge in [-0.15, -0.1) is 0 Å². The maximum absolute atomic E-state index is 13.4. The summed E-state index contributed by atoms with van der Waals surface area (Å²) in [6.07, 6.45) is -12.0. The maximum atomic E-state index is 13.4. The lowest BCUT2D eigenvalue weighted by Crippen LogP contribution is -2.58. The highest BCUT2D eigenvalue weighted by molar-refractivity contribution is 7.97. The van der Waals surface area contributed by atoms with Gasteiger partial charge in [-0.25, -0.2) is 27.2 Å². The van der Waals surface area contributed by atoms with Gasteiger partial charge in [0.15, 0.2) is 14.7 Å². The van der Waals surface area contributed by atoms with E-state index in [-0.39, 0.29) is 10.9 Å². The topological polar surface area (TPSA) is 61.8 Å². The monoisotopic (exact) mass is 675 g/mol. The number of benzene rings is 3. The highest BCUT2D eigenvalue weighted by Crippen LogP contribution is 2.37. The number of hydrogen-bond acceptors (Lipinski definition) is 5. The predicted molar refractivity (Wildman–Crippen MR) is 159 cm³/mol. The molecule has 0 heterocycles. The molecule has 3 rings (SSSR count). The summed E-state index contributed by atoms with van der Waals surface area (Å²) in [6, 6.07) is 32.2. The number of ether oxygens (including phenoxy) is 3. The van der Waals surface area contributed by atoms with Crippen LogP contribution in [0, 0.1) is 0 Å². The van der Waals surface area contributed by atoms with Crippen LogP contribution in [0.25, 0.3) is 0 Å². The molecule has 0 aliphatic carbocycles. The van der Waals surface area contributed by atoms with E-state index in [2.05, 4.69) is 112 Å². The zero-order valence-electron chi connectivity index (χ0n) is 25.1. The van der Waals surface area contributed by atoms with Crippen molar-refractivity contribution in [2.75, 3.05) is 13.2 Å². The summed E-state index contributed by atoms with van der Waals surface area (Å²) >= 11 is 0. The summed E-state index contributed by atoms with van der Waals surface area (Å²) < 4.78 is 103. The zero-order chi connectivity index (χ0) is 34.4. The van der Waals surface area contributed by atoms with E-state index in [9.17, 15) is 40.3 Å². The molecular weight excluding hydrogens is 641 g/mol. The molecule has 0 spiro atoms. The standard InChI is InChI=1S/C18H15S.C15H19F7O5/c1-4-10-16(11-5-1)19(17-12-6-2-7-13-17)18-14-8-3-9-15-18;1-4-25-12(24)14(15(20,21)22,27-10(23)9(2)3)26-8-6-5-7-13(18,19)11(16)17/h1-15H;11H,2,4-8H2,1,3H3/q+1;. The number of carbonyl (C=O) groups excluding carboxylic acids is 2. The van der Waals surface area contributed by atoms with Crippen LogP contribution in [-0.4, -0.2) is 49.5 Å². The first-order chi connectivity index (χ1) is 21.7. The molecule has 0 aliphatic heterocycles. The number of unbranched alkanes of at least 4 members (excludes halogenated alkanes) is 1. The van der Waals surface area contributed by atoms with Crippen LogP contribution in [0.15, 0.2) is 118 Å². The average Bonchev–Trinajstić information content (AvgIpc) is 3.01. The number of carbonyl (C=O) groups is 2. The van der Waals surface area contributed by atoms with Crippen molar-refractivity contribution < 1.29 is 54.5 Å². The van der Waals surface area contributed by atoms with Gasteiger partial charge in [0.25, 0.3) is 0 Å². The minimum Gasteiger partial charge on any atom is -0.461 e. The number of halogens is 7. The molecule has 0 N–H and O–H groups in total. The number of esters is 2. The van der Waals surface area contributed by atoms with Crippen LogP contribution in [0.2, 0.25) is 0 Å². The molecule has 250 valence electrons. The quantitative estimate of drug-likeness (QED) is 0.0427. The zero-order valence-corrected chi connectivity index (χ0v) is 25.9.